The zero-order chi connectivity index (χ0) is 22.7. The van der Waals surface area contributed by atoms with Gasteiger partial charge in [0.05, 0.1) is 7.11 Å². The van der Waals surface area contributed by atoms with Gasteiger partial charge in [0.1, 0.15) is 5.82 Å². The monoisotopic (exact) mass is 440 g/mol. The molecule has 0 spiro atoms. The third-order valence-corrected chi connectivity index (χ3v) is 7.04. The lowest BCUT2D eigenvalue weighted by molar-refractivity contribution is 0.252. The van der Waals surface area contributed by atoms with Crippen molar-refractivity contribution in [3.63, 3.8) is 0 Å². The lowest BCUT2D eigenvalue weighted by atomic mass is 9.78. The second-order valence-electron chi connectivity index (χ2n) is 9.17. The fourth-order valence-corrected chi connectivity index (χ4v) is 5.22. The molecular weight excluding hydrogens is 409 g/mol. The lowest BCUT2D eigenvalue weighted by Crippen LogP contribution is -2.15. The summed E-state index contributed by atoms with van der Waals surface area (Å²) in [5.74, 6) is -0.910. The molecule has 170 valence electrons. The normalized spacial score (nSPS) is 18.8. The van der Waals surface area contributed by atoms with Crippen molar-refractivity contribution >= 4 is 10.8 Å². The van der Waals surface area contributed by atoms with Gasteiger partial charge in [-0.15, -0.1) is 0 Å². The van der Waals surface area contributed by atoms with Crippen LogP contribution in [-0.4, -0.2) is 7.11 Å². The van der Waals surface area contributed by atoms with Crippen LogP contribution in [0.4, 0.5) is 13.2 Å². The van der Waals surface area contributed by atoms with Gasteiger partial charge in [-0.2, -0.15) is 0 Å². The molecule has 1 aliphatic rings. The van der Waals surface area contributed by atoms with Crippen LogP contribution in [0.2, 0.25) is 0 Å². The van der Waals surface area contributed by atoms with Crippen LogP contribution in [0, 0.1) is 29.3 Å². The number of hydrogen-bond donors (Lipinski definition) is 0. The molecular formula is C28H31F3O. The predicted octanol–water partition coefficient (Wildman–Crippen LogP) is 8.47. The van der Waals surface area contributed by atoms with E-state index in [2.05, 4.69) is 6.92 Å². The minimum absolute atomic E-state index is 0.156. The zero-order valence-corrected chi connectivity index (χ0v) is 18.9. The van der Waals surface area contributed by atoms with E-state index >= 15 is 4.39 Å². The van der Waals surface area contributed by atoms with E-state index in [0.29, 0.717) is 5.39 Å². The summed E-state index contributed by atoms with van der Waals surface area (Å²) in [4.78, 5) is 0. The fraction of sp³-hybridized carbons (Fsp3) is 0.429. The Hall–Kier alpha value is -2.49. The highest BCUT2D eigenvalue weighted by Gasteiger charge is 2.20. The van der Waals surface area contributed by atoms with Crippen LogP contribution < -0.4 is 4.74 Å². The first-order valence-corrected chi connectivity index (χ1v) is 11.7. The molecule has 0 radical (unpaired) electrons. The molecule has 32 heavy (non-hydrogen) atoms. The van der Waals surface area contributed by atoms with E-state index in [0.717, 1.165) is 35.8 Å². The first-order valence-electron chi connectivity index (χ1n) is 11.7. The second-order valence-corrected chi connectivity index (χ2v) is 9.17. The summed E-state index contributed by atoms with van der Waals surface area (Å²) in [6.45, 7) is 2.27. The Morgan fingerprint density at radius 3 is 2.12 bits per heavy atom. The largest absolute Gasteiger partial charge is 0.491 e. The Morgan fingerprint density at radius 2 is 1.50 bits per heavy atom. The summed E-state index contributed by atoms with van der Waals surface area (Å²) < 4.78 is 48.2. The summed E-state index contributed by atoms with van der Waals surface area (Å²) in [6, 6.07) is 11.4. The Balaban J connectivity index is 1.49. The average Bonchev–Trinajstić information content (AvgIpc) is 2.79. The molecule has 0 unspecified atom stereocenters. The van der Waals surface area contributed by atoms with E-state index in [1.165, 1.54) is 57.6 Å². The number of aryl methyl sites for hydroxylation is 1. The quantitative estimate of drug-likeness (QED) is 0.358. The molecule has 4 rings (SSSR count). The van der Waals surface area contributed by atoms with Gasteiger partial charge in [0.25, 0.3) is 0 Å². The number of benzene rings is 3. The highest BCUT2D eigenvalue weighted by molar-refractivity contribution is 5.88. The second kappa shape index (κ2) is 9.97. The van der Waals surface area contributed by atoms with Gasteiger partial charge in [0.15, 0.2) is 17.4 Å². The molecule has 0 amide bonds. The zero-order valence-electron chi connectivity index (χ0n) is 18.9. The highest BCUT2D eigenvalue weighted by atomic mass is 19.1. The minimum Gasteiger partial charge on any atom is -0.491 e. The van der Waals surface area contributed by atoms with Crippen molar-refractivity contribution < 1.29 is 17.9 Å². The average molecular weight is 441 g/mol. The van der Waals surface area contributed by atoms with Gasteiger partial charge in [0, 0.05) is 10.9 Å². The molecule has 0 N–H and O–H groups in total. The van der Waals surface area contributed by atoms with Crippen LogP contribution in [0.3, 0.4) is 0 Å². The Kier molecular flexibility index (Phi) is 7.07. The van der Waals surface area contributed by atoms with E-state index in [4.69, 9.17) is 4.74 Å². The number of fused-ring (bicyclic) bond motifs is 1. The third kappa shape index (κ3) is 4.79. The topological polar surface area (TPSA) is 9.23 Å². The molecule has 0 heterocycles. The van der Waals surface area contributed by atoms with Gasteiger partial charge in [-0.05, 0) is 53.3 Å². The van der Waals surface area contributed by atoms with Crippen LogP contribution in [0.1, 0.15) is 57.4 Å². The van der Waals surface area contributed by atoms with E-state index in [9.17, 15) is 8.78 Å². The smallest absolute Gasteiger partial charge is 0.190 e. The van der Waals surface area contributed by atoms with Gasteiger partial charge < -0.3 is 4.74 Å². The maximum Gasteiger partial charge on any atom is 0.190 e. The molecule has 0 atom stereocenters. The van der Waals surface area contributed by atoms with E-state index in [1.54, 1.807) is 12.1 Å². The number of halogens is 3. The standard InChI is InChI=1S/C28H31F3O/c1-3-4-18-5-7-19(8-6-18)9-10-20-11-13-23-21(15-20)12-14-24(27(23)31)22-16-25(29)28(32-2)26(30)17-22/h11-19H,3-10H2,1-2H3. The van der Waals surface area contributed by atoms with E-state index in [1.807, 2.05) is 18.2 Å². The van der Waals surface area contributed by atoms with Crippen molar-refractivity contribution in [1.82, 2.24) is 0 Å². The van der Waals surface area contributed by atoms with Gasteiger partial charge >= 0.3 is 0 Å². The van der Waals surface area contributed by atoms with Crippen LogP contribution >= 0.6 is 0 Å². The van der Waals surface area contributed by atoms with Crippen LogP contribution in [0.15, 0.2) is 42.5 Å². The van der Waals surface area contributed by atoms with E-state index in [-0.39, 0.29) is 11.1 Å². The molecule has 1 nitrogen and oxygen atoms in total. The summed E-state index contributed by atoms with van der Waals surface area (Å²) in [7, 11) is 1.20. The summed E-state index contributed by atoms with van der Waals surface area (Å²) >= 11 is 0. The van der Waals surface area contributed by atoms with Crippen LogP contribution in [-0.2, 0) is 6.42 Å². The number of methoxy groups -OCH3 is 1. The van der Waals surface area contributed by atoms with E-state index < -0.39 is 23.2 Å². The molecule has 3 aromatic rings. The lowest BCUT2D eigenvalue weighted by Gasteiger charge is -2.28. The highest BCUT2D eigenvalue weighted by Crippen LogP contribution is 2.35. The molecule has 0 aromatic heterocycles. The third-order valence-electron chi connectivity index (χ3n) is 7.04. The molecule has 1 fully saturated rings. The Bertz CT molecular complexity index is 1060. The first-order chi connectivity index (χ1) is 15.5. The molecule has 1 aliphatic carbocycles. The van der Waals surface area contributed by atoms with Crippen molar-refractivity contribution in [3.8, 4) is 16.9 Å². The molecule has 0 bridgehead atoms. The van der Waals surface area contributed by atoms with Crippen molar-refractivity contribution in [2.24, 2.45) is 11.8 Å². The van der Waals surface area contributed by atoms with Gasteiger partial charge in [-0.25, -0.2) is 13.2 Å². The summed E-state index contributed by atoms with van der Waals surface area (Å²) in [5, 5.41) is 1.27. The van der Waals surface area contributed by atoms with Gasteiger partial charge in [-0.3, -0.25) is 0 Å². The van der Waals surface area contributed by atoms with Crippen molar-refractivity contribution in [2.45, 2.75) is 58.3 Å². The summed E-state index contributed by atoms with van der Waals surface area (Å²) in [6.07, 6.45) is 10.2. The first kappa shape index (κ1) is 22.7. The van der Waals surface area contributed by atoms with Crippen molar-refractivity contribution in [1.29, 1.82) is 0 Å². The SMILES string of the molecule is CCCC1CCC(CCc2ccc3c(F)c(-c4cc(F)c(OC)c(F)c4)ccc3c2)CC1. The molecule has 1 saturated carbocycles. The fourth-order valence-electron chi connectivity index (χ4n) is 5.22. The summed E-state index contributed by atoms with van der Waals surface area (Å²) in [5.41, 5.74) is 1.54. The maximum absolute atomic E-state index is 15.2. The van der Waals surface area contributed by atoms with Gasteiger partial charge in [0.2, 0.25) is 0 Å². The Morgan fingerprint density at radius 1 is 0.844 bits per heavy atom. The van der Waals surface area contributed by atoms with Crippen molar-refractivity contribution in [2.75, 3.05) is 7.11 Å². The minimum atomic E-state index is -0.846. The van der Waals surface area contributed by atoms with Crippen molar-refractivity contribution in [3.05, 3.63) is 65.5 Å². The molecule has 4 heteroatoms. The molecule has 0 aliphatic heterocycles. The molecule has 3 aromatic carbocycles. The number of hydrogen-bond acceptors (Lipinski definition) is 1. The van der Waals surface area contributed by atoms with Crippen LogP contribution in [0.5, 0.6) is 5.75 Å². The molecule has 0 saturated heterocycles. The number of ether oxygens (including phenoxy) is 1. The van der Waals surface area contributed by atoms with Crippen LogP contribution in [0.25, 0.3) is 21.9 Å². The Labute approximate surface area is 188 Å². The van der Waals surface area contributed by atoms with Gasteiger partial charge in [-0.1, -0.05) is 75.8 Å². The maximum atomic E-state index is 15.2. The number of rotatable bonds is 7. The predicted molar refractivity (Wildman–Crippen MR) is 124 cm³/mol.